The minimum Gasteiger partial charge on any atom is -0.376 e. The number of hydrogen-bond acceptors (Lipinski definition) is 4. The van der Waals surface area contributed by atoms with E-state index in [-0.39, 0.29) is 12.1 Å². The summed E-state index contributed by atoms with van der Waals surface area (Å²) in [5.74, 6) is -1.52. The molecule has 1 aliphatic heterocycles. The maximum Gasteiger partial charge on any atom is 0.425 e. The standard InChI is InChI=1S/C13H18F3N3O3/c1-8-9(3-6-22-8)18-10(20)7-12(21,13(14,15)16)11-17-4-5-19(11)2/h4-5,8-9,21H,3,6-7H2,1-2H3,(H,18,20). The first-order valence-electron chi connectivity index (χ1n) is 6.83. The number of hydrogen-bond donors (Lipinski definition) is 2. The molecule has 124 valence electrons. The number of aromatic nitrogens is 2. The van der Waals surface area contributed by atoms with Crippen LogP contribution in [0, 0.1) is 0 Å². The van der Waals surface area contributed by atoms with Crippen LogP contribution in [0.2, 0.25) is 0 Å². The van der Waals surface area contributed by atoms with Crippen LogP contribution in [0.15, 0.2) is 12.4 Å². The Labute approximate surface area is 125 Å². The van der Waals surface area contributed by atoms with Gasteiger partial charge in [0.2, 0.25) is 11.5 Å². The van der Waals surface area contributed by atoms with Gasteiger partial charge in [0, 0.05) is 26.0 Å². The van der Waals surface area contributed by atoms with E-state index >= 15 is 0 Å². The van der Waals surface area contributed by atoms with Gasteiger partial charge < -0.3 is 19.7 Å². The Morgan fingerprint density at radius 2 is 2.27 bits per heavy atom. The molecule has 0 aliphatic carbocycles. The first-order valence-corrected chi connectivity index (χ1v) is 6.83. The number of amides is 1. The van der Waals surface area contributed by atoms with E-state index in [1.165, 1.54) is 13.2 Å². The third-order valence-corrected chi connectivity index (χ3v) is 3.80. The predicted molar refractivity (Wildman–Crippen MR) is 69.7 cm³/mol. The van der Waals surface area contributed by atoms with Crippen LogP contribution in [0.1, 0.15) is 25.6 Å². The van der Waals surface area contributed by atoms with Crippen molar-refractivity contribution in [3.8, 4) is 0 Å². The molecule has 3 atom stereocenters. The quantitative estimate of drug-likeness (QED) is 0.862. The molecule has 2 rings (SSSR count). The van der Waals surface area contributed by atoms with Crippen molar-refractivity contribution in [3.63, 3.8) is 0 Å². The smallest absolute Gasteiger partial charge is 0.376 e. The van der Waals surface area contributed by atoms with Crippen LogP contribution in [-0.4, -0.2) is 45.5 Å². The number of carbonyl (C=O) groups excluding carboxylic acids is 1. The maximum atomic E-state index is 13.3. The summed E-state index contributed by atoms with van der Waals surface area (Å²) >= 11 is 0. The van der Waals surface area contributed by atoms with Gasteiger partial charge in [0.05, 0.1) is 18.6 Å². The van der Waals surface area contributed by atoms with Gasteiger partial charge in [-0.3, -0.25) is 4.79 Å². The van der Waals surface area contributed by atoms with E-state index in [4.69, 9.17) is 4.74 Å². The van der Waals surface area contributed by atoms with E-state index in [0.717, 1.165) is 10.8 Å². The highest BCUT2D eigenvalue weighted by Crippen LogP contribution is 2.40. The fraction of sp³-hybridized carbons (Fsp3) is 0.692. The van der Waals surface area contributed by atoms with Crippen molar-refractivity contribution in [1.29, 1.82) is 0 Å². The molecule has 9 heteroatoms. The van der Waals surface area contributed by atoms with Gasteiger partial charge in [-0.2, -0.15) is 13.2 Å². The molecule has 1 amide bonds. The van der Waals surface area contributed by atoms with Gasteiger partial charge in [-0.1, -0.05) is 0 Å². The summed E-state index contributed by atoms with van der Waals surface area (Å²) < 4.78 is 46.2. The second-order valence-corrected chi connectivity index (χ2v) is 5.44. The predicted octanol–water partition coefficient (Wildman–Crippen LogP) is 0.854. The van der Waals surface area contributed by atoms with Gasteiger partial charge in [-0.05, 0) is 13.3 Å². The molecule has 6 nitrogen and oxygen atoms in total. The van der Waals surface area contributed by atoms with Crippen LogP contribution < -0.4 is 5.32 Å². The van der Waals surface area contributed by atoms with E-state index in [1.54, 1.807) is 6.92 Å². The van der Waals surface area contributed by atoms with Gasteiger partial charge in [-0.15, -0.1) is 0 Å². The lowest BCUT2D eigenvalue weighted by molar-refractivity contribution is -0.271. The molecule has 2 heterocycles. The first kappa shape index (κ1) is 16.8. The van der Waals surface area contributed by atoms with Gasteiger partial charge >= 0.3 is 6.18 Å². The van der Waals surface area contributed by atoms with Crippen LogP contribution in [0.25, 0.3) is 0 Å². The molecule has 2 N–H and O–H groups in total. The van der Waals surface area contributed by atoms with E-state index in [1.807, 2.05) is 0 Å². The van der Waals surface area contributed by atoms with E-state index in [0.29, 0.717) is 13.0 Å². The molecule has 0 bridgehead atoms. The number of alkyl halides is 3. The number of nitrogens with one attached hydrogen (secondary N) is 1. The molecule has 1 aliphatic rings. The molecular weight excluding hydrogens is 303 g/mol. The van der Waals surface area contributed by atoms with Crippen molar-refractivity contribution in [3.05, 3.63) is 18.2 Å². The number of nitrogens with zero attached hydrogens (tertiary/aromatic N) is 2. The van der Waals surface area contributed by atoms with Crippen molar-refractivity contribution in [2.45, 2.75) is 43.7 Å². The molecule has 1 saturated heterocycles. The minimum absolute atomic E-state index is 0.268. The number of imidazole rings is 1. The lowest BCUT2D eigenvalue weighted by Crippen LogP contribution is -2.49. The summed E-state index contributed by atoms with van der Waals surface area (Å²) in [5, 5.41) is 12.6. The van der Waals surface area contributed by atoms with Crippen molar-refractivity contribution in [2.75, 3.05) is 6.61 Å². The Kier molecular flexibility index (Phi) is 4.48. The summed E-state index contributed by atoms with van der Waals surface area (Å²) in [4.78, 5) is 15.5. The lowest BCUT2D eigenvalue weighted by Gasteiger charge is -2.30. The number of aryl methyl sites for hydroxylation is 1. The molecule has 0 radical (unpaired) electrons. The molecular formula is C13H18F3N3O3. The largest absolute Gasteiger partial charge is 0.425 e. The zero-order valence-corrected chi connectivity index (χ0v) is 12.2. The van der Waals surface area contributed by atoms with Crippen LogP contribution >= 0.6 is 0 Å². The van der Waals surface area contributed by atoms with Gasteiger partial charge in [0.15, 0.2) is 5.82 Å². The molecule has 0 saturated carbocycles. The van der Waals surface area contributed by atoms with Gasteiger partial charge in [0.1, 0.15) is 0 Å². The fourth-order valence-corrected chi connectivity index (χ4v) is 2.48. The fourth-order valence-electron chi connectivity index (χ4n) is 2.48. The number of rotatable bonds is 4. The monoisotopic (exact) mass is 321 g/mol. The molecule has 22 heavy (non-hydrogen) atoms. The Hall–Kier alpha value is -1.61. The van der Waals surface area contributed by atoms with Crippen molar-refractivity contribution in [1.82, 2.24) is 14.9 Å². The summed E-state index contributed by atoms with van der Waals surface area (Å²) in [6.07, 6.45) is -3.50. The summed E-state index contributed by atoms with van der Waals surface area (Å²) in [5.41, 5.74) is -3.34. The topological polar surface area (TPSA) is 76.4 Å². The summed E-state index contributed by atoms with van der Waals surface area (Å²) in [6, 6.07) is -0.355. The second-order valence-electron chi connectivity index (χ2n) is 5.44. The van der Waals surface area contributed by atoms with Crippen molar-refractivity contribution >= 4 is 5.91 Å². The minimum atomic E-state index is -5.03. The second kappa shape index (κ2) is 5.88. The van der Waals surface area contributed by atoms with E-state index in [2.05, 4.69) is 10.3 Å². The summed E-state index contributed by atoms with van der Waals surface area (Å²) in [6.45, 7) is 2.17. The average Bonchev–Trinajstić information content (AvgIpc) is 2.97. The molecule has 0 aromatic carbocycles. The Balaban J connectivity index is 2.17. The number of aliphatic hydroxyl groups is 1. The Morgan fingerprint density at radius 1 is 1.59 bits per heavy atom. The van der Waals surface area contributed by atoms with Crippen molar-refractivity contribution in [2.24, 2.45) is 7.05 Å². The highest BCUT2D eigenvalue weighted by atomic mass is 19.4. The Morgan fingerprint density at radius 3 is 2.73 bits per heavy atom. The van der Waals surface area contributed by atoms with E-state index in [9.17, 15) is 23.1 Å². The van der Waals surface area contributed by atoms with Gasteiger partial charge in [0.25, 0.3) is 0 Å². The van der Waals surface area contributed by atoms with Gasteiger partial charge in [-0.25, -0.2) is 4.98 Å². The molecule has 1 aromatic rings. The highest BCUT2D eigenvalue weighted by Gasteiger charge is 2.58. The Bertz CT molecular complexity index is 546. The van der Waals surface area contributed by atoms with Crippen LogP contribution in [-0.2, 0) is 22.2 Å². The zero-order chi connectivity index (χ0) is 16.5. The summed E-state index contributed by atoms with van der Waals surface area (Å²) in [7, 11) is 1.32. The third-order valence-electron chi connectivity index (χ3n) is 3.80. The lowest BCUT2D eigenvalue weighted by atomic mass is 9.96. The third kappa shape index (κ3) is 3.09. The molecule has 1 fully saturated rings. The maximum absolute atomic E-state index is 13.3. The average molecular weight is 321 g/mol. The zero-order valence-electron chi connectivity index (χ0n) is 12.2. The number of halogens is 3. The van der Waals surface area contributed by atoms with Crippen LogP contribution in [0.4, 0.5) is 13.2 Å². The molecule has 3 unspecified atom stereocenters. The SMILES string of the molecule is CC1OCCC1NC(=O)CC(O)(c1nccn1C)C(F)(F)F. The number of carbonyl (C=O) groups is 1. The highest BCUT2D eigenvalue weighted by molar-refractivity contribution is 5.77. The normalized spacial score (nSPS) is 25.0. The first-order chi connectivity index (χ1) is 10.1. The van der Waals surface area contributed by atoms with E-state index < -0.39 is 29.9 Å². The van der Waals surface area contributed by atoms with Crippen LogP contribution in [0.5, 0.6) is 0 Å². The van der Waals surface area contributed by atoms with Crippen molar-refractivity contribution < 1.29 is 27.8 Å². The van der Waals surface area contributed by atoms with Crippen LogP contribution in [0.3, 0.4) is 0 Å². The molecule has 1 aromatic heterocycles. The molecule has 0 spiro atoms. The number of ether oxygens (including phenoxy) is 1.